The third-order valence-electron chi connectivity index (χ3n) is 4.11. The summed E-state index contributed by atoms with van der Waals surface area (Å²) in [5, 5.41) is 0. The maximum Gasteiger partial charge on any atom is 0.333 e. The fourth-order valence-corrected chi connectivity index (χ4v) is 2.61. The number of hydrogen-bond acceptors (Lipinski definition) is 2. The predicted octanol–water partition coefficient (Wildman–Crippen LogP) is 6.54. The molecule has 0 aromatic rings. The third kappa shape index (κ3) is 17.3. The summed E-state index contributed by atoms with van der Waals surface area (Å²) in [5.74, 6) is -0.271. The van der Waals surface area contributed by atoms with E-state index < -0.39 is 0 Å². The Morgan fingerprint density at radius 1 is 0.739 bits per heavy atom. The first kappa shape index (κ1) is 22.1. The van der Waals surface area contributed by atoms with Crippen LogP contribution in [0.1, 0.15) is 96.8 Å². The van der Waals surface area contributed by atoms with Gasteiger partial charge in [0.1, 0.15) is 0 Å². The molecule has 0 heterocycles. The molecule has 0 aromatic heterocycles. The number of unbranched alkanes of at least 4 members (excludes halogenated alkanes) is 13. The van der Waals surface area contributed by atoms with E-state index in [2.05, 4.69) is 6.58 Å². The van der Waals surface area contributed by atoms with Crippen LogP contribution in [0.5, 0.6) is 0 Å². The van der Waals surface area contributed by atoms with Gasteiger partial charge < -0.3 is 4.74 Å². The van der Waals surface area contributed by atoms with Gasteiger partial charge in [0.2, 0.25) is 0 Å². The summed E-state index contributed by atoms with van der Waals surface area (Å²) in [6, 6.07) is 0. The highest BCUT2D eigenvalue weighted by Crippen LogP contribution is 2.13. The van der Waals surface area contributed by atoms with E-state index in [1.54, 1.807) is 6.92 Å². The van der Waals surface area contributed by atoms with E-state index >= 15 is 0 Å². The Morgan fingerprint density at radius 2 is 1.09 bits per heavy atom. The van der Waals surface area contributed by atoms with Crippen LogP contribution >= 0.6 is 0 Å². The fraction of sp³-hybridized carbons (Fsp3) is 0.850. The van der Waals surface area contributed by atoms with Gasteiger partial charge in [0, 0.05) is 5.57 Å². The average molecular weight is 329 g/mol. The lowest BCUT2D eigenvalue weighted by atomic mass is 10.0. The fourth-order valence-electron chi connectivity index (χ4n) is 2.61. The van der Waals surface area contributed by atoms with Gasteiger partial charge in [-0.3, -0.25) is 4.39 Å². The highest BCUT2D eigenvalue weighted by molar-refractivity contribution is 5.86. The maximum absolute atomic E-state index is 11.9. The minimum absolute atomic E-state index is 0.153. The molecule has 0 N–H and O–H groups in total. The van der Waals surface area contributed by atoms with E-state index in [1.165, 1.54) is 64.2 Å². The number of rotatable bonds is 17. The van der Waals surface area contributed by atoms with Gasteiger partial charge >= 0.3 is 5.97 Å². The molecule has 0 amide bonds. The molecule has 0 atom stereocenters. The quantitative estimate of drug-likeness (QED) is 0.172. The van der Waals surface area contributed by atoms with Crippen LogP contribution < -0.4 is 0 Å². The van der Waals surface area contributed by atoms with Gasteiger partial charge in [-0.25, -0.2) is 4.79 Å². The number of alkyl halides is 1. The van der Waals surface area contributed by atoms with Gasteiger partial charge in [-0.1, -0.05) is 83.6 Å². The van der Waals surface area contributed by atoms with Crippen molar-refractivity contribution in [1.82, 2.24) is 0 Å². The normalized spacial score (nSPS) is 10.7. The number of hydrogen-bond donors (Lipinski definition) is 0. The third-order valence-corrected chi connectivity index (χ3v) is 4.11. The number of esters is 1. The number of carbonyl (C=O) groups is 1. The Balaban J connectivity index is 3.05. The Kier molecular flexibility index (Phi) is 16.8. The second-order valence-electron chi connectivity index (χ2n) is 6.55. The molecule has 0 aliphatic heterocycles. The molecular weight excluding hydrogens is 291 g/mol. The largest absolute Gasteiger partial charge is 0.462 e. The Hall–Kier alpha value is -0.860. The van der Waals surface area contributed by atoms with Crippen molar-refractivity contribution >= 4 is 5.97 Å². The highest BCUT2D eigenvalue weighted by atomic mass is 19.1. The minimum Gasteiger partial charge on any atom is -0.462 e. The molecule has 136 valence electrons. The predicted molar refractivity (Wildman–Crippen MR) is 96.4 cm³/mol. The van der Waals surface area contributed by atoms with Gasteiger partial charge in [-0.2, -0.15) is 0 Å². The topological polar surface area (TPSA) is 26.3 Å². The van der Waals surface area contributed by atoms with Crippen LogP contribution in [0, 0.1) is 0 Å². The molecule has 2 nitrogen and oxygen atoms in total. The SMILES string of the molecule is C=C(C)C(=O)OCCCCCCCCCCCCCCCCF. The lowest BCUT2D eigenvalue weighted by Crippen LogP contribution is -2.05. The van der Waals surface area contributed by atoms with Crippen molar-refractivity contribution in [2.75, 3.05) is 13.3 Å². The van der Waals surface area contributed by atoms with E-state index in [0.29, 0.717) is 12.2 Å². The van der Waals surface area contributed by atoms with Crippen molar-refractivity contribution < 1.29 is 13.9 Å². The van der Waals surface area contributed by atoms with Crippen LogP contribution in [0.15, 0.2) is 12.2 Å². The molecule has 0 aliphatic carbocycles. The van der Waals surface area contributed by atoms with E-state index in [0.717, 1.165) is 25.7 Å². The second-order valence-corrected chi connectivity index (χ2v) is 6.55. The van der Waals surface area contributed by atoms with Crippen LogP contribution in [0.2, 0.25) is 0 Å². The monoisotopic (exact) mass is 328 g/mol. The summed E-state index contributed by atoms with van der Waals surface area (Å²) < 4.78 is 17.0. The van der Waals surface area contributed by atoms with Crippen molar-refractivity contribution in [2.45, 2.75) is 96.8 Å². The molecular formula is C20H37FO2. The number of ether oxygens (including phenoxy) is 1. The highest BCUT2D eigenvalue weighted by Gasteiger charge is 2.01. The van der Waals surface area contributed by atoms with Crippen LogP contribution in [0.3, 0.4) is 0 Å². The first-order valence-electron chi connectivity index (χ1n) is 9.57. The molecule has 0 aromatic carbocycles. The summed E-state index contributed by atoms with van der Waals surface area (Å²) in [5.41, 5.74) is 0.477. The summed E-state index contributed by atoms with van der Waals surface area (Å²) in [4.78, 5) is 11.2. The van der Waals surface area contributed by atoms with Crippen molar-refractivity contribution in [1.29, 1.82) is 0 Å². The molecule has 0 aliphatic rings. The van der Waals surface area contributed by atoms with Gasteiger partial charge in [0.25, 0.3) is 0 Å². The smallest absolute Gasteiger partial charge is 0.333 e. The first-order valence-corrected chi connectivity index (χ1v) is 9.57. The van der Waals surface area contributed by atoms with E-state index in [9.17, 15) is 9.18 Å². The molecule has 0 rings (SSSR count). The van der Waals surface area contributed by atoms with Gasteiger partial charge in [0.05, 0.1) is 13.3 Å². The number of carbonyl (C=O) groups excluding carboxylic acids is 1. The maximum atomic E-state index is 11.9. The van der Waals surface area contributed by atoms with E-state index in [1.807, 2.05) is 0 Å². The zero-order valence-corrected chi connectivity index (χ0v) is 15.2. The molecule has 0 fully saturated rings. The molecule has 23 heavy (non-hydrogen) atoms. The van der Waals surface area contributed by atoms with Crippen LogP contribution in [0.25, 0.3) is 0 Å². The van der Waals surface area contributed by atoms with E-state index in [-0.39, 0.29) is 12.6 Å². The average Bonchev–Trinajstić information content (AvgIpc) is 2.54. The Bertz CT molecular complexity index is 289. The zero-order valence-electron chi connectivity index (χ0n) is 15.2. The lowest BCUT2D eigenvalue weighted by molar-refractivity contribution is -0.139. The standard InChI is InChI=1S/C20H37FO2/c1-19(2)20(22)23-18-16-14-12-10-8-6-4-3-5-7-9-11-13-15-17-21/h1,3-18H2,2H3. The molecule has 0 radical (unpaired) electrons. The van der Waals surface area contributed by atoms with Crippen LogP contribution in [-0.2, 0) is 9.53 Å². The van der Waals surface area contributed by atoms with Crippen molar-refractivity contribution in [3.05, 3.63) is 12.2 Å². The molecule has 0 bridgehead atoms. The lowest BCUT2D eigenvalue weighted by Gasteiger charge is -2.05. The number of halogens is 1. The summed E-state index contributed by atoms with van der Waals surface area (Å²) in [6.45, 7) is 5.61. The molecule has 3 heteroatoms. The first-order chi connectivity index (χ1) is 11.2. The Labute approximate surface area is 142 Å². The van der Waals surface area contributed by atoms with Gasteiger partial charge in [-0.15, -0.1) is 0 Å². The summed E-state index contributed by atoms with van der Waals surface area (Å²) >= 11 is 0. The summed E-state index contributed by atoms with van der Waals surface area (Å²) in [6.07, 6.45) is 16.9. The van der Waals surface area contributed by atoms with E-state index in [4.69, 9.17) is 4.74 Å². The molecule has 0 spiro atoms. The molecule has 0 saturated heterocycles. The minimum atomic E-state index is -0.271. The van der Waals surface area contributed by atoms with Gasteiger partial charge in [0.15, 0.2) is 0 Å². The van der Waals surface area contributed by atoms with Crippen LogP contribution in [-0.4, -0.2) is 19.3 Å². The summed E-state index contributed by atoms with van der Waals surface area (Å²) in [7, 11) is 0. The molecule has 0 saturated carbocycles. The van der Waals surface area contributed by atoms with Gasteiger partial charge in [-0.05, 0) is 19.8 Å². The van der Waals surface area contributed by atoms with Crippen molar-refractivity contribution in [2.24, 2.45) is 0 Å². The van der Waals surface area contributed by atoms with Crippen molar-refractivity contribution in [3.8, 4) is 0 Å². The van der Waals surface area contributed by atoms with Crippen LogP contribution in [0.4, 0.5) is 4.39 Å². The zero-order chi connectivity index (χ0) is 17.2. The van der Waals surface area contributed by atoms with Crippen molar-refractivity contribution in [3.63, 3.8) is 0 Å². The second kappa shape index (κ2) is 17.5. The Morgan fingerprint density at radius 3 is 1.43 bits per heavy atom. The molecule has 0 unspecified atom stereocenters.